The molecule has 164 valence electrons. The van der Waals surface area contributed by atoms with Gasteiger partial charge < -0.3 is 4.57 Å². The maximum Gasteiger partial charge on any atom is 0.295 e. The first-order valence-corrected chi connectivity index (χ1v) is 11.2. The molecule has 0 N–H and O–H groups in total. The molecule has 2 heterocycles. The van der Waals surface area contributed by atoms with Crippen molar-refractivity contribution in [3.8, 4) is 11.4 Å². The number of carbonyl (C=O) groups is 1. The fraction of sp³-hybridized carbons (Fsp3) is 0.200. The SMILES string of the molecule is Cc1cc(C(=O)CSc2ccccc2F)c(C)n1-c1c(C)n(C)n(-c2ccccc2)c1=O. The summed E-state index contributed by atoms with van der Waals surface area (Å²) in [6.07, 6.45) is 0. The highest BCUT2D eigenvalue weighted by Gasteiger charge is 2.23. The lowest BCUT2D eigenvalue weighted by Gasteiger charge is -2.08. The van der Waals surface area contributed by atoms with Gasteiger partial charge in [0.05, 0.1) is 17.1 Å². The Morgan fingerprint density at radius 3 is 2.31 bits per heavy atom. The molecular weight excluding hydrogens is 425 g/mol. The summed E-state index contributed by atoms with van der Waals surface area (Å²) in [7, 11) is 1.85. The van der Waals surface area contributed by atoms with Gasteiger partial charge in [0, 0.05) is 28.9 Å². The van der Waals surface area contributed by atoms with Gasteiger partial charge in [0.15, 0.2) is 5.78 Å². The van der Waals surface area contributed by atoms with Crippen LogP contribution in [0.5, 0.6) is 0 Å². The predicted octanol–water partition coefficient (Wildman–Crippen LogP) is 5.01. The first-order valence-electron chi connectivity index (χ1n) is 10.2. The smallest absolute Gasteiger partial charge is 0.295 e. The Morgan fingerprint density at radius 1 is 0.969 bits per heavy atom. The molecule has 0 aliphatic heterocycles. The second kappa shape index (κ2) is 8.67. The van der Waals surface area contributed by atoms with Crippen LogP contribution < -0.4 is 5.56 Å². The van der Waals surface area contributed by atoms with Gasteiger partial charge >= 0.3 is 0 Å². The standard InChI is InChI=1S/C25H24FN3O2S/c1-16-14-20(22(30)15-32-23-13-9-8-12-21(23)26)17(2)28(16)24-18(3)27(4)29(25(24)31)19-10-6-5-7-11-19/h5-14H,15H2,1-4H3. The zero-order valence-corrected chi connectivity index (χ0v) is 19.2. The number of carbonyl (C=O) groups excluding carboxylic acids is 1. The number of ketones is 1. The molecule has 0 saturated heterocycles. The molecule has 32 heavy (non-hydrogen) atoms. The van der Waals surface area contributed by atoms with Crippen LogP contribution in [0, 0.1) is 26.6 Å². The molecule has 0 aliphatic rings. The lowest BCUT2D eigenvalue weighted by atomic mass is 10.2. The number of para-hydroxylation sites is 1. The quantitative estimate of drug-likeness (QED) is 0.307. The summed E-state index contributed by atoms with van der Waals surface area (Å²) in [4.78, 5) is 26.8. The Morgan fingerprint density at radius 2 is 1.62 bits per heavy atom. The number of Topliss-reactive ketones (excluding diaryl/α,β-unsaturated/α-hetero) is 1. The van der Waals surface area contributed by atoms with Gasteiger partial charge in [-0.15, -0.1) is 11.8 Å². The van der Waals surface area contributed by atoms with Crippen molar-refractivity contribution in [3.63, 3.8) is 0 Å². The second-order valence-electron chi connectivity index (χ2n) is 7.67. The zero-order chi connectivity index (χ0) is 23.0. The topological polar surface area (TPSA) is 48.9 Å². The zero-order valence-electron chi connectivity index (χ0n) is 18.4. The predicted molar refractivity (Wildman–Crippen MR) is 126 cm³/mol. The molecule has 0 spiro atoms. The highest BCUT2D eigenvalue weighted by Crippen LogP contribution is 2.26. The summed E-state index contributed by atoms with van der Waals surface area (Å²) < 4.78 is 19.2. The molecular formula is C25H24FN3O2S. The maximum atomic E-state index is 13.9. The summed E-state index contributed by atoms with van der Waals surface area (Å²) in [6.45, 7) is 5.61. The third-order valence-corrected chi connectivity index (χ3v) is 6.72. The molecule has 0 bridgehead atoms. The van der Waals surface area contributed by atoms with Gasteiger partial charge in [-0.1, -0.05) is 30.3 Å². The molecule has 0 aliphatic carbocycles. The molecule has 4 rings (SSSR count). The molecule has 5 nitrogen and oxygen atoms in total. The van der Waals surface area contributed by atoms with E-state index in [0.29, 0.717) is 21.8 Å². The minimum Gasteiger partial charge on any atom is -0.311 e. The highest BCUT2D eigenvalue weighted by molar-refractivity contribution is 8.00. The van der Waals surface area contributed by atoms with Gasteiger partial charge in [-0.2, -0.15) is 0 Å². The normalized spacial score (nSPS) is 11.2. The van der Waals surface area contributed by atoms with Crippen molar-refractivity contribution in [1.82, 2.24) is 13.9 Å². The van der Waals surface area contributed by atoms with Gasteiger partial charge in [-0.3, -0.25) is 14.3 Å². The van der Waals surface area contributed by atoms with E-state index >= 15 is 0 Å². The molecule has 0 unspecified atom stereocenters. The first kappa shape index (κ1) is 21.9. The van der Waals surface area contributed by atoms with Gasteiger partial charge in [0.2, 0.25) is 0 Å². The molecule has 7 heteroatoms. The van der Waals surface area contributed by atoms with Crippen molar-refractivity contribution >= 4 is 17.5 Å². The van der Waals surface area contributed by atoms with E-state index in [1.54, 1.807) is 28.9 Å². The van der Waals surface area contributed by atoms with Crippen LogP contribution >= 0.6 is 11.8 Å². The molecule has 0 amide bonds. The van der Waals surface area contributed by atoms with Crippen LogP contribution in [0.4, 0.5) is 4.39 Å². The molecule has 2 aromatic carbocycles. The Bertz CT molecular complexity index is 1370. The number of halogens is 1. The first-order chi connectivity index (χ1) is 15.3. The van der Waals surface area contributed by atoms with E-state index in [4.69, 9.17) is 0 Å². The number of hydrogen-bond donors (Lipinski definition) is 0. The van der Waals surface area contributed by atoms with E-state index in [9.17, 15) is 14.0 Å². The van der Waals surface area contributed by atoms with E-state index in [0.717, 1.165) is 17.1 Å². The third kappa shape index (κ3) is 3.73. The summed E-state index contributed by atoms with van der Waals surface area (Å²) in [5.74, 6) is -0.320. The fourth-order valence-corrected chi connectivity index (χ4v) is 4.81. The lowest BCUT2D eigenvalue weighted by molar-refractivity contribution is 0.102. The lowest BCUT2D eigenvalue weighted by Crippen LogP contribution is -2.22. The van der Waals surface area contributed by atoms with Crippen LogP contribution in [0.15, 0.2) is 70.4 Å². The minimum absolute atomic E-state index is 0.102. The van der Waals surface area contributed by atoms with Crippen molar-refractivity contribution in [2.75, 3.05) is 5.75 Å². The monoisotopic (exact) mass is 449 g/mol. The van der Waals surface area contributed by atoms with Crippen molar-refractivity contribution in [2.45, 2.75) is 25.7 Å². The molecule has 0 radical (unpaired) electrons. The number of benzene rings is 2. The van der Waals surface area contributed by atoms with Gasteiger partial charge in [0.25, 0.3) is 5.56 Å². The molecule has 0 atom stereocenters. The third-order valence-electron chi connectivity index (χ3n) is 5.67. The number of nitrogens with zero attached hydrogens (tertiary/aromatic N) is 3. The Balaban J connectivity index is 1.72. The summed E-state index contributed by atoms with van der Waals surface area (Å²) in [5.41, 5.74) is 3.97. The van der Waals surface area contributed by atoms with Crippen molar-refractivity contribution in [1.29, 1.82) is 0 Å². The van der Waals surface area contributed by atoms with Crippen LogP contribution in [0.25, 0.3) is 11.4 Å². The van der Waals surface area contributed by atoms with E-state index < -0.39 is 0 Å². The van der Waals surface area contributed by atoms with Gasteiger partial charge in [0.1, 0.15) is 11.5 Å². The number of hydrogen-bond acceptors (Lipinski definition) is 3. The molecule has 4 aromatic rings. The van der Waals surface area contributed by atoms with Crippen molar-refractivity contribution in [3.05, 3.63) is 99.5 Å². The Hall–Kier alpha value is -3.32. The largest absolute Gasteiger partial charge is 0.311 e. The molecule has 0 fully saturated rings. The number of aryl methyl sites for hydroxylation is 1. The van der Waals surface area contributed by atoms with E-state index in [2.05, 4.69) is 0 Å². The van der Waals surface area contributed by atoms with Crippen LogP contribution in [0.3, 0.4) is 0 Å². The van der Waals surface area contributed by atoms with Crippen LogP contribution in [0.1, 0.15) is 27.4 Å². The average molecular weight is 450 g/mol. The summed E-state index contributed by atoms with van der Waals surface area (Å²) in [5, 5.41) is 0. The Kier molecular flexibility index (Phi) is 5.93. The average Bonchev–Trinajstić information content (AvgIpc) is 3.19. The van der Waals surface area contributed by atoms with Crippen molar-refractivity contribution in [2.24, 2.45) is 7.05 Å². The number of rotatable bonds is 6. The Labute approximate surface area is 190 Å². The van der Waals surface area contributed by atoms with E-state index in [1.807, 2.05) is 67.4 Å². The van der Waals surface area contributed by atoms with Crippen LogP contribution in [0.2, 0.25) is 0 Å². The van der Waals surface area contributed by atoms with Gasteiger partial charge in [-0.05, 0) is 51.1 Å². The number of thioether (sulfide) groups is 1. The number of aromatic nitrogens is 3. The van der Waals surface area contributed by atoms with Gasteiger partial charge in [-0.25, -0.2) is 9.07 Å². The molecule has 0 saturated carbocycles. The van der Waals surface area contributed by atoms with E-state index in [1.165, 1.54) is 17.8 Å². The second-order valence-corrected chi connectivity index (χ2v) is 8.69. The van der Waals surface area contributed by atoms with E-state index in [-0.39, 0.29) is 22.9 Å². The van der Waals surface area contributed by atoms with Crippen LogP contribution in [-0.2, 0) is 7.05 Å². The fourth-order valence-electron chi connectivity index (χ4n) is 3.98. The summed E-state index contributed by atoms with van der Waals surface area (Å²) in [6, 6.07) is 17.7. The highest BCUT2D eigenvalue weighted by atomic mass is 32.2. The summed E-state index contributed by atoms with van der Waals surface area (Å²) >= 11 is 1.18. The minimum atomic E-state index is -0.336. The van der Waals surface area contributed by atoms with Crippen molar-refractivity contribution < 1.29 is 9.18 Å². The maximum absolute atomic E-state index is 13.9. The van der Waals surface area contributed by atoms with Crippen LogP contribution in [-0.4, -0.2) is 25.5 Å². The molecule has 2 aromatic heterocycles.